The Morgan fingerprint density at radius 2 is 1.92 bits per heavy atom. The Kier molecular flexibility index (Phi) is 8.80. The summed E-state index contributed by atoms with van der Waals surface area (Å²) in [5, 5.41) is 7.76. The minimum Gasteiger partial charge on any atom is -0.490 e. The van der Waals surface area contributed by atoms with Crippen molar-refractivity contribution in [1.82, 2.24) is 29.5 Å². The van der Waals surface area contributed by atoms with Gasteiger partial charge in [0.05, 0.1) is 36.1 Å². The summed E-state index contributed by atoms with van der Waals surface area (Å²) >= 11 is 1.44. The molecule has 0 saturated carbocycles. The third kappa shape index (κ3) is 5.81. The van der Waals surface area contributed by atoms with Gasteiger partial charge in [-0.05, 0) is 63.0 Å². The van der Waals surface area contributed by atoms with Crippen molar-refractivity contribution in [3.05, 3.63) is 83.1 Å². The van der Waals surface area contributed by atoms with E-state index in [1.165, 1.54) is 30.6 Å². The molecule has 0 saturated heterocycles. The lowest BCUT2D eigenvalue weighted by molar-refractivity contribution is -0.131. The largest absolute Gasteiger partial charge is 0.490 e. The summed E-state index contributed by atoms with van der Waals surface area (Å²) in [6.45, 7) is 11.4. The predicted octanol–water partition coefficient (Wildman–Crippen LogP) is 7.05. The molecule has 254 valence electrons. The topological polar surface area (TPSA) is 85.6 Å². The molecule has 0 spiro atoms. The Bertz CT molecular complexity index is 2090. The fraction of sp³-hybridized carbons (Fsp3) is 0.351. The Balaban J connectivity index is 1.48. The van der Waals surface area contributed by atoms with E-state index in [2.05, 4.69) is 31.5 Å². The molecule has 1 amide bonds. The Morgan fingerprint density at radius 3 is 2.69 bits per heavy atom. The molecule has 2 aliphatic rings. The minimum atomic E-state index is -0.778. The number of rotatable bonds is 8. The van der Waals surface area contributed by atoms with Crippen molar-refractivity contribution in [2.75, 3.05) is 27.4 Å². The molecule has 7 rings (SSSR count). The molecule has 1 aromatic carbocycles. The number of halogens is 2. The number of nitrogens with zero attached hydrogens (tertiary/aromatic N) is 6. The van der Waals surface area contributed by atoms with E-state index in [-0.39, 0.29) is 42.5 Å². The van der Waals surface area contributed by atoms with E-state index in [1.54, 1.807) is 4.90 Å². The Hall–Kier alpha value is -4.52. The number of carbonyl (C=O) groups excluding carboxylic acids is 1. The summed E-state index contributed by atoms with van der Waals surface area (Å²) in [7, 11) is 3.64. The van der Waals surface area contributed by atoms with Crippen molar-refractivity contribution in [1.29, 1.82) is 0 Å². The smallest absolute Gasteiger partial charge is 0.246 e. The highest BCUT2D eigenvalue weighted by atomic mass is 32.1. The third-order valence-corrected chi connectivity index (χ3v) is 10.6. The number of thiophene rings is 1. The molecule has 9 nitrogen and oxygen atoms in total. The van der Waals surface area contributed by atoms with Crippen LogP contribution in [0.1, 0.15) is 43.8 Å². The number of aromatic nitrogens is 4. The molecule has 2 aliphatic heterocycles. The zero-order valence-electron chi connectivity index (χ0n) is 28.2. The maximum atomic E-state index is 16.2. The van der Waals surface area contributed by atoms with Crippen LogP contribution in [-0.2, 0) is 29.0 Å². The molecular formula is C37H38F2N6O3S. The number of amides is 1. The van der Waals surface area contributed by atoms with Crippen LogP contribution in [0.5, 0.6) is 5.75 Å². The molecule has 49 heavy (non-hydrogen) atoms. The van der Waals surface area contributed by atoms with Crippen LogP contribution in [0.2, 0.25) is 0 Å². The standard InChI is InChI=1S/C37H38F2N6O3S/c1-7-32(46)45-21(3)18-44-30(22(45)4)16-29(42-44)36-34(33-27(39)14-25(38)15-31(33)48-10-9-47-6)37-26(8-11-49-37)35(41-36)23-13-24-19-43(5)20(2)12-28(24)40-17-23/h7-8,11,13-17,20-22H,1,9-10,12,18-19H2,2-6H3/t20-,21-,22+/m1/s1. The number of methoxy groups -OCH3 is 1. The van der Waals surface area contributed by atoms with Gasteiger partial charge >= 0.3 is 0 Å². The zero-order chi connectivity index (χ0) is 34.6. The first-order valence-electron chi connectivity index (χ1n) is 16.3. The van der Waals surface area contributed by atoms with Crippen LogP contribution in [0.4, 0.5) is 8.78 Å². The number of fused-ring (bicyclic) bond motifs is 3. The van der Waals surface area contributed by atoms with Crippen LogP contribution >= 0.6 is 11.3 Å². The molecule has 0 N–H and O–H groups in total. The highest BCUT2D eigenvalue weighted by Crippen LogP contribution is 2.47. The van der Waals surface area contributed by atoms with Crippen LogP contribution in [0.3, 0.4) is 0 Å². The number of ether oxygens (including phenoxy) is 2. The van der Waals surface area contributed by atoms with Crippen molar-refractivity contribution in [2.45, 2.75) is 58.4 Å². The number of pyridine rings is 2. The molecule has 5 aromatic rings. The highest BCUT2D eigenvalue weighted by Gasteiger charge is 2.35. The first-order chi connectivity index (χ1) is 23.6. The van der Waals surface area contributed by atoms with Gasteiger partial charge in [-0.15, -0.1) is 11.3 Å². The first-order valence-corrected chi connectivity index (χ1v) is 17.2. The summed E-state index contributed by atoms with van der Waals surface area (Å²) in [5.74, 6) is -1.66. The van der Waals surface area contributed by atoms with Gasteiger partial charge in [0.25, 0.3) is 0 Å². The molecule has 12 heteroatoms. The fourth-order valence-electron chi connectivity index (χ4n) is 7.06. The second kappa shape index (κ2) is 13.1. The van der Waals surface area contributed by atoms with Crippen LogP contribution in [0.25, 0.3) is 43.9 Å². The van der Waals surface area contributed by atoms with E-state index < -0.39 is 11.6 Å². The summed E-state index contributed by atoms with van der Waals surface area (Å²) in [4.78, 5) is 27.1. The summed E-state index contributed by atoms with van der Waals surface area (Å²) in [5.41, 5.74) is 6.00. The molecule has 0 radical (unpaired) electrons. The Labute approximate surface area is 287 Å². The first kappa shape index (κ1) is 33.0. The lowest BCUT2D eigenvalue weighted by Gasteiger charge is -2.38. The van der Waals surface area contributed by atoms with E-state index in [1.807, 2.05) is 42.2 Å². The van der Waals surface area contributed by atoms with Gasteiger partial charge in [0.2, 0.25) is 5.91 Å². The average Bonchev–Trinajstić information content (AvgIpc) is 3.73. The Morgan fingerprint density at radius 1 is 1.10 bits per heavy atom. The van der Waals surface area contributed by atoms with Crippen molar-refractivity contribution in [3.8, 4) is 39.5 Å². The van der Waals surface area contributed by atoms with Crippen LogP contribution < -0.4 is 4.74 Å². The van der Waals surface area contributed by atoms with E-state index in [4.69, 9.17) is 24.5 Å². The highest BCUT2D eigenvalue weighted by molar-refractivity contribution is 7.18. The number of carbonyl (C=O) groups is 1. The molecular weight excluding hydrogens is 647 g/mol. The molecule has 6 heterocycles. The lowest BCUT2D eigenvalue weighted by Crippen LogP contribution is -2.46. The number of hydrogen-bond donors (Lipinski definition) is 0. The van der Waals surface area contributed by atoms with E-state index >= 15 is 4.39 Å². The van der Waals surface area contributed by atoms with Crippen molar-refractivity contribution >= 4 is 27.3 Å². The maximum Gasteiger partial charge on any atom is 0.246 e. The summed E-state index contributed by atoms with van der Waals surface area (Å²) < 4.78 is 44.6. The lowest BCUT2D eigenvalue weighted by atomic mass is 9.95. The molecule has 0 aliphatic carbocycles. The van der Waals surface area contributed by atoms with Crippen LogP contribution in [0, 0.1) is 11.6 Å². The average molecular weight is 685 g/mol. The normalized spacial score (nSPS) is 19.2. The summed E-state index contributed by atoms with van der Waals surface area (Å²) in [6, 6.07) is 8.02. The number of likely N-dealkylation sites (N-methyl/N-ethyl adjacent to an activating group) is 1. The van der Waals surface area contributed by atoms with E-state index in [0.29, 0.717) is 35.2 Å². The molecule has 3 atom stereocenters. The van der Waals surface area contributed by atoms with E-state index in [0.717, 1.165) is 51.6 Å². The predicted molar refractivity (Wildman–Crippen MR) is 186 cm³/mol. The monoisotopic (exact) mass is 684 g/mol. The van der Waals surface area contributed by atoms with Crippen molar-refractivity contribution in [3.63, 3.8) is 0 Å². The van der Waals surface area contributed by atoms with Gasteiger partial charge in [0, 0.05) is 77.4 Å². The van der Waals surface area contributed by atoms with Crippen LogP contribution in [-0.4, -0.2) is 74.9 Å². The van der Waals surface area contributed by atoms with Gasteiger partial charge in [-0.25, -0.2) is 13.8 Å². The third-order valence-electron chi connectivity index (χ3n) is 9.66. The van der Waals surface area contributed by atoms with Crippen molar-refractivity contribution < 1.29 is 23.0 Å². The maximum absolute atomic E-state index is 16.2. The van der Waals surface area contributed by atoms with Gasteiger partial charge in [0.1, 0.15) is 35.4 Å². The van der Waals surface area contributed by atoms with Crippen LogP contribution in [0.15, 0.2) is 54.6 Å². The minimum absolute atomic E-state index is 0.0429. The van der Waals surface area contributed by atoms with E-state index in [9.17, 15) is 9.18 Å². The van der Waals surface area contributed by atoms with Gasteiger partial charge < -0.3 is 14.4 Å². The molecule has 0 bridgehead atoms. The second-order valence-electron chi connectivity index (χ2n) is 12.9. The van der Waals surface area contributed by atoms with Gasteiger partial charge in [-0.2, -0.15) is 5.10 Å². The fourth-order valence-corrected chi connectivity index (χ4v) is 8.01. The molecule has 0 unspecified atom stereocenters. The molecule has 4 aromatic heterocycles. The number of benzene rings is 1. The zero-order valence-corrected chi connectivity index (χ0v) is 29.0. The molecule has 0 fully saturated rings. The van der Waals surface area contributed by atoms with Crippen molar-refractivity contribution in [2.24, 2.45) is 0 Å². The SMILES string of the molecule is C=CC(=O)N1[C@H](C)Cn2nc(-c3nc(-c4cnc5c(c4)CN(C)[C@H](C)C5)c4ccsc4c3-c3c(F)cc(F)cc3OCCOC)cc2[C@@H]1C. The number of hydrogen-bond acceptors (Lipinski definition) is 8. The second-order valence-corrected chi connectivity index (χ2v) is 13.8. The quantitative estimate of drug-likeness (QED) is 0.128. The van der Waals surface area contributed by atoms with Gasteiger partial charge in [-0.3, -0.25) is 19.4 Å². The van der Waals surface area contributed by atoms with Gasteiger partial charge in [-0.1, -0.05) is 6.58 Å². The summed E-state index contributed by atoms with van der Waals surface area (Å²) in [6.07, 6.45) is 4.04. The van der Waals surface area contributed by atoms with Gasteiger partial charge in [0.15, 0.2) is 0 Å².